The summed E-state index contributed by atoms with van der Waals surface area (Å²) in [6, 6.07) is 5.62. The lowest BCUT2D eigenvalue weighted by Gasteiger charge is -2.29. The minimum Gasteiger partial charge on any atom is -0.452 e. The largest absolute Gasteiger partial charge is 0.452 e. The van der Waals surface area contributed by atoms with Crippen molar-refractivity contribution in [1.82, 2.24) is 10.6 Å². The Bertz CT molecular complexity index is 603. The minimum absolute atomic E-state index is 0.0724. The molecule has 0 aromatic heterocycles. The molecular weight excluding hydrogens is 332 g/mol. The molecule has 3 amide bonds. The highest BCUT2D eigenvalue weighted by Crippen LogP contribution is 2.23. The van der Waals surface area contributed by atoms with E-state index in [1.54, 1.807) is 12.1 Å². The van der Waals surface area contributed by atoms with Crippen molar-refractivity contribution >= 4 is 29.5 Å². The molecule has 0 spiro atoms. The number of carbonyl (C=O) groups is 3. The van der Waals surface area contributed by atoms with Crippen molar-refractivity contribution in [1.29, 1.82) is 0 Å². The Kier molecular flexibility index (Phi) is 6.61. The molecular formula is C17H21ClN2O4. The van der Waals surface area contributed by atoms with Crippen molar-refractivity contribution in [2.24, 2.45) is 5.92 Å². The Morgan fingerprint density at radius 2 is 1.83 bits per heavy atom. The monoisotopic (exact) mass is 352 g/mol. The lowest BCUT2D eigenvalue weighted by Crippen LogP contribution is -2.48. The predicted octanol–water partition coefficient (Wildman–Crippen LogP) is 2.90. The molecule has 24 heavy (non-hydrogen) atoms. The molecule has 2 rings (SSSR count). The highest BCUT2D eigenvalue weighted by Gasteiger charge is 2.23. The zero-order valence-electron chi connectivity index (χ0n) is 13.5. The van der Waals surface area contributed by atoms with Crippen LogP contribution in [0.3, 0.4) is 0 Å². The van der Waals surface area contributed by atoms with Crippen LogP contribution in [0.5, 0.6) is 0 Å². The third-order valence-corrected chi connectivity index (χ3v) is 4.35. The second-order valence-corrected chi connectivity index (χ2v) is 6.41. The molecule has 1 aliphatic rings. The molecule has 0 aliphatic heterocycles. The van der Waals surface area contributed by atoms with Crippen molar-refractivity contribution in [3.63, 3.8) is 0 Å². The average Bonchev–Trinajstić information content (AvgIpc) is 2.55. The fourth-order valence-corrected chi connectivity index (χ4v) is 2.82. The molecule has 1 fully saturated rings. The number of esters is 1. The first-order valence-corrected chi connectivity index (χ1v) is 8.36. The van der Waals surface area contributed by atoms with Gasteiger partial charge in [-0.05, 0) is 43.0 Å². The zero-order valence-corrected chi connectivity index (χ0v) is 14.3. The van der Waals surface area contributed by atoms with E-state index in [0.717, 1.165) is 19.3 Å². The fraction of sp³-hybridized carbons (Fsp3) is 0.471. The first-order chi connectivity index (χ1) is 11.5. The lowest BCUT2D eigenvalue weighted by atomic mass is 9.86. The van der Waals surface area contributed by atoms with Gasteiger partial charge in [0.05, 0.1) is 5.56 Å². The van der Waals surface area contributed by atoms with Gasteiger partial charge in [0.25, 0.3) is 5.91 Å². The molecule has 2 atom stereocenters. The van der Waals surface area contributed by atoms with E-state index >= 15 is 0 Å². The van der Waals surface area contributed by atoms with Gasteiger partial charge in [0.2, 0.25) is 0 Å². The summed E-state index contributed by atoms with van der Waals surface area (Å²) in [4.78, 5) is 35.3. The van der Waals surface area contributed by atoms with Crippen LogP contribution in [0.25, 0.3) is 0 Å². The number of amides is 3. The smallest absolute Gasteiger partial charge is 0.338 e. The van der Waals surface area contributed by atoms with E-state index in [0.29, 0.717) is 10.9 Å². The summed E-state index contributed by atoms with van der Waals surface area (Å²) >= 11 is 5.73. The van der Waals surface area contributed by atoms with Crippen LogP contribution in [0.15, 0.2) is 24.3 Å². The third-order valence-electron chi connectivity index (χ3n) is 4.10. The van der Waals surface area contributed by atoms with Crippen LogP contribution in [0.1, 0.15) is 43.0 Å². The first kappa shape index (κ1) is 18.3. The second-order valence-electron chi connectivity index (χ2n) is 5.97. The molecule has 0 unspecified atom stereocenters. The van der Waals surface area contributed by atoms with Crippen molar-refractivity contribution in [2.45, 2.75) is 38.6 Å². The Labute approximate surface area is 145 Å². The van der Waals surface area contributed by atoms with E-state index in [-0.39, 0.29) is 11.6 Å². The number of ether oxygens (including phenoxy) is 1. The fourth-order valence-electron chi connectivity index (χ4n) is 2.70. The zero-order chi connectivity index (χ0) is 17.5. The van der Waals surface area contributed by atoms with E-state index in [4.69, 9.17) is 16.3 Å². The van der Waals surface area contributed by atoms with E-state index in [2.05, 4.69) is 17.6 Å². The van der Waals surface area contributed by atoms with Crippen LogP contribution in [0.4, 0.5) is 4.79 Å². The molecule has 0 saturated heterocycles. The van der Waals surface area contributed by atoms with Crippen LogP contribution >= 0.6 is 11.6 Å². The van der Waals surface area contributed by atoms with Gasteiger partial charge in [-0.2, -0.15) is 0 Å². The Hall–Kier alpha value is -2.08. The van der Waals surface area contributed by atoms with Crippen molar-refractivity contribution in [3.8, 4) is 0 Å². The Morgan fingerprint density at radius 1 is 1.17 bits per heavy atom. The number of nitrogens with one attached hydrogen (secondary N) is 2. The molecule has 1 aromatic carbocycles. The van der Waals surface area contributed by atoms with Crippen LogP contribution < -0.4 is 10.6 Å². The molecule has 1 aromatic rings. The second kappa shape index (κ2) is 8.68. The highest BCUT2D eigenvalue weighted by atomic mass is 35.5. The van der Waals surface area contributed by atoms with Gasteiger partial charge >= 0.3 is 12.0 Å². The summed E-state index contributed by atoms with van der Waals surface area (Å²) < 4.78 is 4.87. The predicted molar refractivity (Wildman–Crippen MR) is 89.8 cm³/mol. The van der Waals surface area contributed by atoms with Crippen LogP contribution in [0.2, 0.25) is 5.02 Å². The number of imide groups is 1. The number of carbonyl (C=O) groups excluding carboxylic acids is 3. The molecule has 0 bridgehead atoms. The van der Waals surface area contributed by atoms with E-state index in [1.807, 2.05) is 0 Å². The average molecular weight is 353 g/mol. The molecule has 0 heterocycles. The lowest BCUT2D eigenvalue weighted by molar-refractivity contribution is -0.123. The Balaban J connectivity index is 1.73. The highest BCUT2D eigenvalue weighted by molar-refractivity contribution is 6.30. The molecule has 0 radical (unpaired) electrons. The van der Waals surface area contributed by atoms with Crippen LogP contribution in [0, 0.1) is 5.92 Å². The summed E-state index contributed by atoms with van der Waals surface area (Å²) in [5.74, 6) is -0.927. The molecule has 6 nitrogen and oxygen atoms in total. The summed E-state index contributed by atoms with van der Waals surface area (Å²) in [6.45, 7) is 1.56. The molecule has 130 valence electrons. The number of halogens is 1. The minimum atomic E-state index is -0.668. The number of hydrogen-bond acceptors (Lipinski definition) is 4. The number of benzene rings is 1. The number of urea groups is 1. The number of hydrogen-bond donors (Lipinski definition) is 2. The van der Waals surface area contributed by atoms with Crippen LogP contribution in [-0.4, -0.2) is 30.6 Å². The topological polar surface area (TPSA) is 84.5 Å². The normalized spacial score (nSPS) is 20.1. The Morgan fingerprint density at radius 3 is 2.50 bits per heavy atom. The third kappa shape index (κ3) is 5.53. The van der Waals surface area contributed by atoms with Gasteiger partial charge in [0, 0.05) is 11.1 Å². The summed E-state index contributed by atoms with van der Waals surface area (Å²) in [5.41, 5.74) is 0.285. The molecule has 7 heteroatoms. The van der Waals surface area contributed by atoms with E-state index in [1.165, 1.54) is 18.6 Å². The van der Waals surface area contributed by atoms with Crippen LogP contribution in [-0.2, 0) is 9.53 Å². The van der Waals surface area contributed by atoms with Gasteiger partial charge in [-0.25, -0.2) is 9.59 Å². The quantitative estimate of drug-likeness (QED) is 0.816. The SMILES string of the molecule is C[C@H]1CCCC[C@H]1NC(=O)NC(=O)COC(=O)c1ccc(Cl)cc1. The maximum Gasteiger partial charge on any atom is 0.338 e. The van der Waals surface area contributed by atoms with E-state index < -0.39 is 24.5 Å². The van der Waals surface area contributed by atoms with E-state index in [9.17, 15) is 14.4 Å². The molecule has 1 saturated carbocycles. The van der Waals surface area contributed by atoms with Gasteiger partial charge in [0.1, 0.15) is 0 Å². The van der Waals surface area contributed by atoms with Gasteiger partial charge in [0.15, 0.2) is 6.61 Å². The van der Waals surface area contributed by atoms with Gasteiger partial charge < -0.3 is 10.1 Å². The van der Waals surface area contributed by atoms with Crippen molar-refractivity contribution in [2.75, 3.05) is 6.61 Å². The van der Waals surface area contributed by atoms with Crippen molar-refractivity contribution in [3.05, 3.63) is 34.9 Å². The van der Waals surface area contributed by atoms with Gasteiger partial charge in [-0.15, -0.1) is 0 Å². The van der Waals surface area contributed by atoms with Gasteiger partial charge in [-0.3, -0.25) is 10.1 Å². The maximum atomic E-state index is 11.8. The summed E-state index contributed by atoms with van der Waals surface area (Å²) in [7, 11) is 0. The number of rotatable bonds is 4. The summed E-state index contributed by atoms with van der Waals surface area (Å²) in [5, 5.41) is 5.47. The van der Waals surface area contributed by atoms with Gasteiger partial charge in [-0.1, -0.05) is 31.4 Å². The van der Waals surface area contributed by atoms with Crippen molar-refractivity contribution < 1.29 is 19.1 Å². The maximum absolute atomic E-state index is 11.8. The standard InChI is InChI=1S/C17H21ClN2O4/c1-11-4-2-3-5-14(11)19-17(23)20-15(21)10-24-16(22)12-6-8-13(18)9-7-12/h6-9,11,14H,2-5,10H2,1H3,(H2,19,20,21,23)/t11-,14+/m0/s1. The molecule has 2 N–H and O–H groups in total. The molecule has 1 aliphatic carbocycles. The summed E-state index contributed by atoms with van der Waals surface area (Å²) in [6.07, 6.45) is 4.22. The first-order valence-electron chi connectivity index (χ1n) is 7.98.